The van der Waals surface area contributed by atoms with E-state index in [1.165, 1.54) is 113 Å². The quantitative estimate of drug-likeness (QED) is 0.142. The van der Waals surface area contributed by atoms with Crippen molar-refractivity contribution in [3.05, 3.63) is 298 Å². The van der Waals surface area contributed by atoms with Gasteiger partial charge in [-0.1, -0.05) is 226 Å². The monoisotopic (exact) mass is 1830 g/mol. The number of piperazine rings is 1. The molecule has 712 valence electrons. The summed E-state index contributed by atoms with van der Waals surface area (Å²) in [7, 11) is 8.46. The summed E-state index contributed by atoms with van der Waals surface area (Å²) in [6, 6.07) is 30.5. The lowest BCUT2D eigenvalue weighted by atomic mass is 10.1. The first-order chi connectivity index (χ1) is 62.5. The Morgan fingerprint density at radius 1 is 0.349 bits per heavy atom. The van der Waals surface area contributed by atoms with Crippen LogP contribution >= 0.6 is 45.7 Å². The lowest BCUT2D eigenvalue weighted by Gasteiger charge is -2.21. The number of aromatic amines is 1. The second-order valence-corrected chi connectivity index (χ2v) is 21.5. The maximum absolute atomic E-state index is 5.10. The molecule has 0 unspecified atom stereocenters. The van der Waals surface area contributed by atoms with Gasteiger partial charge in [0.2, 0.25) is 6.39 Å². The normalized spacial score (nSPS) is 10.0. The molecule has 28 nitrogen and oxygen atoms in total. The van der Waals surface area contributed by atoms with Gasteiger partial charge < -0.3 is 52.1 Å². The predicted molar refractivity (Wildman–Crippen MR) is 542 cm³/mol. The second-order valence-electron chi connectivity index (χ2n) is 18.7. The molecule has 0 bridgehead atoms. The first kappa shape index (κ1) is 141. The smallest absolute Gasteiger partial charge is 0.213 e. The van der Waals surface area contributed by atoms with E-state index in [9.17, 15) is 0 Å². The fourth-order valence-corrected chi connectivity index (χ4v) is 7.56. The third kappa shape index (κ3) is 139. The van der Waals surface area contributed by atoms with E-state index >= 15 is 0 Å². The van der Waals surface area contributed by atoms with E-state index < -0.39 is 0 Å². The third-order valence-electron chi connectivity index (χ3n) is 10.9. The molecule has 3 fully saturated rings. The third-order valence-corrected chi connectivity index (χ3v) is 13.0. The number of furan rings is 1. The average Bonchev–Trinajstić information content (AvgIpc) is 1.74. The maximum atomic E-state index is 5.10. The Balaban J connectivity index is -0.000000108. The van der Waals surface area contributed by atoms with E-state index in [0.29, 0.717) is 0 Å². The number of oxazole rings is 2. The summed E-state index contributed by atoms with van der Waals surface area (Å²) in [5.41, 5.74) is 5.23. The molecule has 15 aromatic rings. The molecule has 2 N–H and O–H groups in total. The number of para-hydroxylation sites is 2. The number of nitrogens with zero attached hydrogens (tertiary/aromatic N) is 21. The Morgan fingerprint density at radius 2 is 0.881 bits per heavy atom. The zero-order valence-corrected chi connectivity index (χ0v) is 85.8. The minimum atomic E-state index is 0.845. The lowest BCUT2D eigenvalue weighted by Crippen LogP contribution is -2.40. The van der Waals surface area contributed by atoms with Crippen LogP contribution < -0.4 is 5.32 Å². The molecule has 3 saturated heterocycles. The highest BCUT2D eigenvalue weighted by molar-refractivity contribution is 7.07. The van der Waals surface area contributed by atoms with E-state index in [2.05, 4.69) is 144 Å². The molecular formula is C94H167N23O5S4. The largest absolute Gasteiger partial charge is 0.473 e. The molecule has 0 aliphatic carbocycles. The first-order valence-corrected chi connectivity index (χ1v) is 47.4. The molecule has 3 aliphatic heterocycles. The first-order valence-electron chi connectivity index (χ1n) is 43.8. The van der Waals surface area contributed by atoms with Crippen LogP contribution in [0.3, 0.4) is 0 Å². The molecule has 0 radical (unpaired) electrons. The highest BCUT2D eigenvalue weighted by Crippen LogP contribution is 2.09. The maximum Gasteiger partial charge on any atom is 0.213 e. The molecule has 32 heteroatoms. The topological polar surface area (TPSA) is 323 Å². The number of aryl methyl sites for hydroxylation is 1. The van der Waals surface area contributed by atoms with Crippen molar-refractivity contribution < 1.29 is 22.5 Å². The van der Waals surface area contributed by atoms with Gasteiger partial charge in [-0.15, -0.1) is 16.4 Å². The standard InChI is InChI=1S/C7H5NO.C6H13N.C5H12N2.C5H11NO.C5H7N.C5H5N.3C4H4N2.C4H4O.C4H4S.C3H4N2.C3H3NO.C3H3NS.C2H2N2O.2C2H2N2S.13C2H6/c1-2-4-7-6(3-1)8-5-9-7;1-7-5-3-2-4-6-7;1-7-4-2-6-3-5-7;1-6-2-4-7-5-3-6;1-6-4-2-3-5-6;1-2-4-6-5-3-1;1-2-6-4-3-5-1;1-2-5-4-6-3-1;1-2-4-6-5-3-1;2*1-2-4-5-3-1;3*1-2-5-3-4-1;2*1-3-2-5-4-1;1-2-5-4-3-1;13*1-2/h1-5H;2-6H2,1H3;6H,2-5H2,1H3;2-5H2,1H3;2-5H,1H3;1-5H;3*1-4H;2*1-4H;1-3H,(H,4,5);2*1-3H;3*1-2H;13*1-2H3. The number of H-pyrrole nitrogens is 1. The Morgan fingerprint density at radius 3 is 1.10 bits per heavy atom. The van der Waals surface area contributed by atoms with Gasteiger partial charge in [-0.2, -0.15) is 25.9 Å². The molecule has 3 aliphatic rings. The number of rotatable bonds is 0. The van der Waals surface area contributed by atoms with Gasteiger partial charge in [-0.05, 0) is 148 Å². The van der Waals surface area contributed by atoms with Crippen molar-refractivity contribution in [2.45, 2.75) is 199 Å². The van der Waals surface area contributed by atoms with Crippen LogP contribution in [-0.2, 0) is 11.8 Å². The Labute approximate surface area is 779 Å². The van der Waals surface area contributed by atoms with Crippen LogP contribution in [0.4, 0.5) is 0 Å². The molecule has 0 saturated carbocycles. The van der Waals surface area contributed by atoms with E-state index in [4.69, 9.17) is 9.15 Å². The van der Waals surface area contributed by atoms with Gasteiger partial charge in [0.05, 0.1) is 50.0 Å². The molecule has 14 aromatic heterocycles. The van der Waals surface area contributed by atoms with E-state index in [-0.39, 0.29) is 0 Å². The Hall–Kier alpha value is -10.5. The summed E-state index contributed by atoms with van der Waals surface area (Å²) in [6.45, 7) is 63.4. The number of hydrogen-bond donors (Lipinski definition) is 2. The summed E-state index contributed by atoms with van der Waals surface area (Å²) in [6.07, 6.45) is 48.3. The number of piperidine rings is 1. The predicted octanol–water partition coefficient (Wildman–Crippen LogP) is 25.7. The van der Waals surface area contributed by atoms with Crippen molar-refractivity contribution in [3.8, 4) is 0 Å². The van der Waals surface area contributed by atoms with Crippen molar-refractivity contribution in [3.63, 3.8) is 0 Å². The van der Waals surface area contributed by atoms with Crippen LogP contribution in [0.15, 0.2) is 316 Å². The van der Waals surface area contributed by atoms with E-state index in [1.807, 2.05) is 317 Å². The van der Waals surface area contributed by atoms with Gasteiger partial charge in [-0.25, -0.2) is 34.9 Å². The number of thiophene rings is 1. The van der Waals surface area contributed by atoms with Crippen molar-refractivity contribution in [2.75, 3.05) is 86.7 Å². The molecule has 0 atom stereocenters. The number of ether oxygens (including phenoxy) is 1. The zero-order valence-electron chi connectivity index (χ0n) is 82.5. The minimum Gasteiger partial charge on any atom is -0.473 e. The summed E-state index contributed by atoms with van der Waals surface area (Å²) < 4.78 is 32.5. The molecule has 0 spiro atoms. The van der Waals surface area contributed by atoms with Gasteiger partial charge in [0, 0.05) is 150 Å². The molecular weight excluding hydrogens is 1660 g/mol. The Bertz CT molecular complexity index is 2830. The van der Waals surface area contributed by atoms with Crippen molar-refractivity contribution in [1.29, 1.82) is 0 Å². The molecule has 126 heavy (non-hydrogen) atoms. The van der Waals surface area contributed by atoms with Crippen LogP contribution in [0.25, 0.3) is 11.1 Å². The fourth-order valence-electron chi connectivity index (χ4n) is 6.21. The Kier molecular flexibility index (Phi) is 174. The van der Waals surface area contributed by atoms with Crippen LogP contribution in [0.2, 0.25) is 0 Å². The van der Waals surface area contributed by atoms with Crippen LogP contribution in [0.5, 0.6) is 0 Å². The fraction of sp³-hybridized carbons (Fsp3) is 0.457. The number of fused-ring (bicyclic) bond motifs is 1. The van der Waals surface area contributed by atoms with Crippen molar-refractivity contribution in [1.82, 2.24) is 114 Å². The number of pyridine rings is 1. The summed E-state index contributed by atoms with van der Waals surface area (Å²) in [5, 5.41) is 24.9. The molecule has 1 aromatic carbocycles. The number of likely N-dealkylation sites (N-methyl/N-ethyl adjacent to an activating group) is 2. The minimum absolute atomic E-state index is 0.845. The number of morpholine rings is 1. The SMILES string of the molecule is CC.CC.CC.CC.CC.CC.CC.CC.CC.CC.CC.CC.CC.CN1CCCCC1.CN1CCNCC1.CN1CCOCC1.Cn1cccc1.c1c[nH]cn1.c1ccc2ocnc2c1.c1ccncc1.c1ccnnc1.c1ccoc1.c1ccsc1.c1cnccn1.c1cncnc1.c1cocn1.c1cscn1.c1csnn1.c1ncon1.c1ncsn1. The number of likely N-dealkylation sites (tertiary alicyclic amines) is 1. The number of benzene rings is 1. The number of imidazole rings is 1. The van der Waals surface area contributed by atoms with Crippen molar-refractivity contribution in [2.24, 2.45) is 7.05 Å². The highest BCUT2D eigenvalue weighted by Gasteiger charge is 2.03. The average molecular weight is 1830 g/mol. The van der Waals surface area contributed by atoms with Crippen LogP contribution in [0, 0.1) is 0 Å². The van der Waals surface area contributed by atoms with Crippen LogP contribution in [-0.4, -0.2) is 195 Å². The molecule has 0 amide bonds. The summed E-state index contributed by atoms with van der Waals surface area (Å²) in [4.78, 5) is 50.3. The number of hydrogen-bond acceptors (Lipinski definition) is 30. The summed E-state index contributed by atoms with van der Waals surface area (Å²) in [5.74, 6) is 0. The number of aromatic nitrogens is 19. The van der Waals surface area contributed by atoms with Gasteiger partial charge in [0.25, 0.3) is 0 Å². The van der Waals surface area contributed by atoms with Crippen molar-refractivity contribution >= 4 is 56.8 Å². The van der Waals surface area contributed by atoms with Gasteiger partial charge in [0.15, 0.2) is 24.7 Å². The van der Waals surface area contributed by atoms with Crippen LogP contribution in [0.1, 0.15) is 199 Å². The molecule has 17 heterocycles. The van der Waals surface area contributed by atoms with E-state index in [0.717, 1.165) is 50.5 Å². The zero-order chi connectivity index (χ0) is 97.1. The van der Waals surface area contributed by atoms with Gasteiger partial charge >= 0.3 is 0 Å². The number of thiazole rings is 1. The molecule has 18 rings (SSSR count). The highest BCUT2D eigenvalue weighted by atomic mass is 32.1. The van der Waals surface area contributed by atoms with E-state index in [1.54, 1.807) is 152 Å². The van der Waals surface area contributed by atoms with Gasteiger partial charge in [-0.3, -0.25) is 19.9 Å². The number of nitrogens with one attached hydrogen (secondary N) is 2. The second kappa shape index (κ2) is 155. The summed E-state index contributed by atoms with van der Waals surface area (Å²) >= 11 is 6.02. The lowest BCUT2D eigenvalue weighted by molar-refractivity contribution is 0.0503. The van der Waals surface area contributed by atoms with Gasteiger partial charge in [0.1, 0.15) is 29.9 Å².